The van der Waals surface area contributed by atoms with Crippen molar-refractivity contribution in [1.29, 1.82) is 0 Å². The molecule has 0 amide bonds. The first-order chi connectivity index (χ1) is 8.66. The van der Waals surface area contributed by atoms with E-state index in [1.807, 2.05) is 35.9 Å². The Bertz CT molecular complexity index is 734. The molecule has 3 rings (SSSR count). The van der Waals surface area contributed by atoms with Crippen LogP contribution < -0.4 is 0 Å². The third-order valence-corrected chi connectivity index (χ3v) is 3.31. The van der Waals surface area contributed by atoms with E-state index < -0.39 is 0 Å². The van der Waals surface area contributed by atoms with Crippen LogP contribution in [0.2, 0.25) is 5.02 Å². The highest BCUT2D eigenvalue weighted by atomic mass is 35.5. The van der Waals surface area contributed by atoms with Crippen LogP contribution in [-0.4, -0.2) is 14.7 Å². The number of halogens is 1. The van der Waals surface area contributed by atoms with Gasteiger partial charge in [0.2, 0.25) is 0 Å². The molecule has 0 unspecified atom stereocenters. The average molecular weight is 259 g/mol. The number of para-hydroxylation sites is 2. The predicted molar refractivity (Wildman–Crippen MR) is 72.8 cm³/mol. The smallest absolute Gasteiger partial charge is 0.142 e. The summed E-state index contributed by atoms with van der Waals surface area (Å²) in [7, 11) is 1.94. The molecule has 0 aliphatic heterocycles. The highest BCUT2D eigenvalue weighted by molar-refractivity contribution is 6.33. The van der Waals surface area contributed by atoms with Crippen molar-refractivity contribution in [1.82, 2.24) is 9.55 Å². The van der Waals surface area contributed by atoms with E-state index in [9.17, 15) is 5.11 Å². The normalized spacial score (nSPS) is 11.0. The summed E-state index contributed by atoms with van der Waals surface area (Å²) in [5.41, 5.74) is 2.68. The van der Waals surface area contributed by atoms with Crippen LogP contribution in [0.1, 0.15) is 0 Å². The van der Waals surface area contributed by atoms with Gasteiger partial charge in [0.25, 0.3) is 0 Å². The molecule has 0 saturated carbocycles. The van der Waals surface area contributed by atoms with Gasteiger partial charge in [-0.15, -0.1) is 0 Å². The molecule has 0 bridgehead atoms. The number of aryl methyl sites for hydroxylation is 1. The van der Waals surface area contributed by atoms with Crippen molar-refractivity contribution in [3.05, 3.63) is 47.5 Å². The van der Waals surface area contributed by atoms with Crippen LogP contribution >= 0.6 is 11.6 Å². The summed E-state index contributed by atoms with van der Waals surface area (Å²) in [6.45, 7) is 0. The number of imidazole rings is 1. The number of phenols is 1. The lowest BCUT2D eigenvalue weighted by atomic mass is 10.2. The number of rotatable bonds is 1. The van der Waals surface area contributed by atoms with E-state index in [-0.39, 0.29) is 5.75 Å². The number of aromatic hydroxyl groups is 1. The second-order valence-electron chi connectivity index (χ2n) is 4.15. The van der Waals surface area contributed by atoms with Crippen LogP contribution in [0.5, 0.6) is 5.75 Å². The fraction of sp³-hybridized carbons (Fsp3) is 0.0714. The molecule has 1 heterocycles. The summed E-state index contributed by atoms with van der Waals surface area (Å²) in [4.78, 5) is 4.55. The summed E-state index contributed by atoms with van der Waals surface area (Å²) in [6, 6.07) is 12.7. The molecule has 2 aromatic carbocycles. The first kappa shape index (κ1) is 11.1. The minimum Gasteiger partial charge on any atom is -0.508 e. The Morgan fingerprint density at radius 3 is 2.72 bits per heavy atom. The zero-order chi connectivity index (χ0) is 12.7. The van der Waals surface area contributed by atoms with Gasteiger partial charge in [0, 0.05) is 12.6 Å². The van der Waals surface area contributed by atoms with Crippen molar-refractivity contribution in [2.45, 2.75) is 0 Å². The lowest BCUT2D eigenvalue weighted by Crippen LogP contribution is -1.92. The second kappa shape index (κ2) is 4.03. The number of aromatic nitrogens is 2. The predicted octanol–water partition coefficient (Wildman–Crippen LogP) is 3.60. The van der Waals surface area contributed by atoms with Gasteiger partial charge >= 0.3 is 0 Å². The van der Waals surface area contributed by atoms with E-state index in [0.29, 0.717) is 5.02 Å². The Morgan fingerprint density at radius 2 is 1.94 bits per heavy atom. The van der Waals surface area contributed by atoms with Crippen molar-refractivity contribution in [3.63, 3.8) is 0 Å². The van der Waals surface area contributed by atoms with Crippen molar-refractivity contribution in [2.24, 2.45) is 7.05 Å². The maximum Gasteiger partial charge on any atom is 0.142 e. The summed E-state index contributed by atoms with van der Waals surface area (Å²) >= 11 is 6.17. The minimum atomic E-state index is 0.182. The van der Waals surface area contributed by atoms with Crippen molar-refractivity contribution >= 4 is 22.6 Å². The van der Waals surface area contributed by atoms with Crippen LogP contribution in [0.15, 0.2) is 42.5 Å². The molecule has 3 aromatic rings. The molecule has 0 saturated heterocycles. The average Bonchev–Trinajstić information content (AvgIpc) is 2.71. The van der Waals surface area contributed by atoms with Crippen LogP contribution in [0.25, 0.3) is 22.4 Å². The van der Waals surface area contributed by atoms with Gasteiger partial charge in [-0.25, -0.2) is 4.98 Å². The van der Waals surface area contributed by atoms with Gasteiger partial charge in [0.1, 0.15) is 11.6 Å². The van der Waals surface area contributed by atoms with E-state index in [2.05, 4.69) is 4.98 Å². The largest absolute Gasteiger partial charge is 0.508 e. The van der Waals surface area contributed by atoms with E-state index >= 15 is 0 Å². The van der Waals surface area contributed by atoms with E-state index in [1.165, 1.54) is 0 Å². The SMILES string of the molecule is Cn1c(-c2cc(O)ccc2Cl)nc2ccccc21. The minimum absolute atomic E-state index is 0.182. The van der Waals surface area contributed by atoms with Gasteiger partial charge in [-0.1, -0.05) is 23.7 Å². The van der Waals surface area contributed by atoms with Gasteiger partial charge in [0.15, 0.2) is 0 Å². The fourth-order valence-electron chi connectivity index (χ4n) is 2.07. The quantitative estimate of drug-likeness (QED) is 0.724. The van der Waals surface area contributed by atoms with Crippen molar-refractivity contribution in [3.8, 4) is 17.1 Å². The maximum atomic E-state index is 9.57. The molecule has 3 nitrogen and oxygen atoms in total. The molecule has 1 aromatic heterocycles. The molecular weight excluding hydrogens is 248 g/mol. The first-order valence-corrected chi connectivity index (χ1v) is 5.95. The third-order valence-electron chi connectivity index (χ3n) is 2.98. The molecule has 0 radical (unpaired) electrons. The number of hydrogen-bond acceptors (Lipinski definition) is 2. The molecule has 0 fully saturated rings. The number of hydrogen-bond donors (Lipinski definition) is 1. The Hall–Kier alpha value is -2.00. The molecule has 0 aliphatic carbocycles. The van der Waals surface area contributed by atoms with Gasteiger partial charge in [-0.05, 0) is 30.3 Å². The summed E-state index contributed by atoms with van der Waals surface area (Å²) < 4.78 is 1.97. The van der Waals surface area contributed by atoms with E-state index in [1.54, 1.807) is 18.2 Å². The number of fused-ring (bicyclic) bond motifs is 1. The molecule has 0 spiro atoms. The molecule has 90 valence electrons. The van der Waals surface area contributed by atoms with Gasteiger partial charge in [-0.2, -0.15) is 0 Å². The molecule has 4 heteroatoms. The summed E-state index contributed by atoms with van der Waals surface area (Å²) in [5.74, 6) is 0.929. The molecule has 1 N–H and O–H groups in total. The standard InChI is InChI=1S/C14H11ClN2O/c1-17-13-5-3-2-4-12(13)16-14(17)10-8-9(18)6-7-11(10)15/h2-8,18H,1H3. The van der Waals surface area contributed by atoms with E-state index in [0.717, 1.165) is 22.4 Å². The van der Waals surface area contributed by atoms with Gasteiger partial charge in [0.05, 0.1) is 16.1 Å². The Morgan fingerprint density at radius 1 is 1.17 bits per heavy atom. The zero-order valence-electron chi connectivity index (χ0n) is 9.76. The maximum absolute atomic E-state index is 9.57. The Labute approximate surface area is 109 Å². The van der Waals surface area contributed by atoms with E-state index in [4.69, 9.17) is 11.6 Å². The molecule has 0 aliphatic rings. The lowest BCUT2D eigenvalue weighted by molar-refractivity contribution is 0.475. The fourth-order valence-corrected chi connectivity index (χ4v) is 2.27. The molecular formula is C14H11ClN2O. The summed E-state index contributed by atoms with van der Waals surface area (Å²) in [5, 5.41) is 10.1. The van der Waals surface area contributed by atoms with Crippen molar-refractivity contribution < 1.29 is 5.11 Å². The number of benzene rings is 2. The van der Waals surface area contributed by atoms with Crippen LogP contribution in [0, 0.1) is 0 Å². The third kappa shape index (κ3) is 1.64. The monoisotopic (exact) mass is 258 g/mol. The molecule has 18 heavy (non-hydrogen) atoms. The molecule has 0 atom stereocenters. The summed E-state index contributed by atoms with van der Waals surface area (Å²) in [6.07, 6.45) is 0. The highest BCUT2D eigenvalue weighted by Crippen LogP contribution is 2.31. The van der Waals surface area contributed by atoms with Crippen molar-refractivity contribution in [2.75, 3.05) is 0 Å². The van der Waals surface area contributed by atoms with Crippen LogP contribution in [-0.2, 0) is 7.05 Å². The number of nitrogens with zero attached hydrogens (tertiary/aromatic N) is 2. The highest BCUT2D eigenvalue weighted by Gasteiger charge is 2.12. The lowest BCUT2D eigenvalue weighted by Gasteiger charge is -2.05. The zero-order valence-corrected chi connectivity index (χ0v) is 10.5. The Balaban J connectivity index is 2.31. The Kier molecular flexibility index (Phi) is 2.49. The topological polar surface area (TPSA) is 38.0 Å². The number of phenolic OH excluding ortho intramolecular Hbond substituents is 1. The second-order valence-corrected chi connectivity index (χ2v) is 4.55. The van der Waals surface area contributed by atoms with Crippen LogP contribution in [0.4, 0.5) is 0 Å². The van der Waals surface area contributed by atoms with Gasteiger partial charge in [-0.3, -0.25) is 0 Å². The van der Waals surface area contributed by atoms with Gasteiger partial charge < -0.3 is 9.67 Å². The first-order valence-electron chi connectivity index (χ1n) is 5.57. The van der Waals surface area contributed by atoms with Crippen LogP contribution in [0.3, 0.4) is 0 Å².